The standard InChI is InChI=1S/C32H28F5N5O4.CH4O/c33-21-6-5-16-3-1-4-19(23(16)27(21)46-32(37,43)44)25-24(34)26-20(13-38-25)29(42-9-10-45-15-17-11-22(17)42)40-30(39-26)31-7-2-8-41(31)14-18(12-31)28(35)36;1-2/h1,3-6,13,17,22,43-44H,2,7-12,14-15H2;2H,1H3. The molecule has 4 aliphatic rings. The number of aliphatic hydroxyl groups is 3. The third-order valence-corrected chi connectivity index (χ3v) is 9.66. The van der Waals surface area contributed by atoms with Gasteiger partial charge in [0.2, 0.25) is 0 Å². The van der Waals surface area contributed by atoms with Crippen molar-refractivity contribution in [2.45, 2.75) is 43.5 Å². The van der Waals surface area contributed by atoms with Crippen molar-refractivity contribution < 1.29 is 46.7 Å². The zero-order valence-corrected chi connectivity index (χ0v) is 25.8. The fraction of sp³-hybridized carbons (Fsp3) is 0.424. The predicted molar refractivity (Wildman–Crippen MR) is 164 cm³/mol. The highest BCUT2D eigenvalue weighted by molar-refractivity contribution is 6.02. The Bertz CT molecular complexity index is 1940. The highest BCUT2D eigenvalue weighted by atomic mass is 19.3. The van der Waals surface area contributed by atoms with E-state index in [1.807, 2.05) is 4.90 Å². The molecule has 4 aromatic rings. The van der Waals surface area contributed by atoms with Crippen molar-refractivity contribution in [3.05, 3.63) is 65.6 Å². The number of hydrogen-bond donors (Lipinski definition) is 3. The van der Waals surface area contributed by atoms with Gasteiger partial charge in [-0.1, -0.05) is 24.3 Å². The average molecular weight is 674 g/mol. The summed E-state index contributed by atoms with van der Waals surface area (Å²) in [6, 6.07) is 6.92. The molecule has 15 heteroatoms. The third-order valence-electron chi connectivity index (χ3n) is 9.66. The lowest BCUT2D eigenvalue weighted by Gasteiger charge is -2.32. The summed E-state index contributed by atoms with van der Waals surface area (Å²) in [5, 5.41) is 26.0. The monoisotopic (exact) mass is 673 g/mol. The molecule has 3 saturated heterocycles. The maximum atomic E-state index is 17.0. The van der Waals surface area contributed by atoms with Gasteiger partial charge in [-0.25, -0.2) is 18.7 Å². The number of aliphatic hydroxyl groups excluding tert-OH is 1. The molecule has 1 saturated carbocycles. The van der Waals surface area contributed by atoms with Gasteiger partial charge in [-0.2, -0.15) is 8.78 Å². The Morgan fingerprint density at radius 3 is 2.69 bits per heavy atom. The largest absolute Gasteiger partial charge is 0.492 e. The van der Waals surface area contributed by atoms with Gasteiger partial charge in [0.05, 0.1) is 24.1 Å². The van der Waals surface area contributed by atoms with Crippen molar-refractivity contribution in [3.8, 4) is 17.0 Å². The zero-order chi connectivity index (χ0) is 34.0. The molecule has 254 valence electrons. The van der Waals surface area contributed by atoms with Crippen LogP contribution in [-0.4, -0.2) is 87.4 Å². The lowest BCUT2D eigenvalue weighted by atomic mass is 9.91. The SMILES string of the molecule is CO.OC(O)(F)Oc1c(F)ccc2cccc(-c3ncc4c(N5CCOCC6CC65)nc(C56CCCN5CC(=C(F)F)C6)nc4c3F)c12. The summed E-state index contributed by atoms with van der Waals surface area (Å²) in [6.45, 7) is 2.14. The van der Waals surface area contributed by atoms with E-state index in [0.29, 0.717) is 43.9 Å². The number of hydrogen-bond acceptors (Lipinski definition) is 10. The summed E-state index contributed by atoms with van der Waals surface area (Å²) in [4.78, 5) is 18.1. The van der Waals surface area contributed by atoms with E-state index in [4.69, 9.17) is 19.8 Å². The van der Waals surface area contributed by atoms with Crippen molar-refractivity contribution in [1.82, 2.24) is 19.9 Å². The van der Waals surface area contributed by atoms with Gasteiger partial charge in [-0.3, -0.25) is 9.88 Å². The number of nitrogens with zero attached hydrogens (tertiary/aromatic N) is 5. The molecule has 3 N–H and O–H groups in total. The Balaban J connectivity index is 0.00000179. The van der Waals surface area contributed by atoms with Crippen molar-refractivity contribution >= 4 is 27.5 Å². The van der Waals surface area contributed by atoms with E-state index in [9.17, 15) is 27.8 Å². The van der Waals surface area contributed by atoms with Gasteiger partial charge in [-0.15, -0.1) is 4.39 Å². The molecule has 10 nitrogen and oxygen atoms in total. The minimum absolute atomic E-state index is 0.00767. The Hall–Kier alpha value is -4.02. The summed E-state index contributed by atoms with van der Waals surface area (Å²) in [5.74, 6) is -1.92. The molecule has 0 amide bonds. The summed E-state index contributed by atoms with van der Waals surface area (Å²) in [5.41, 5.74) is -1.34. The van der Waals surface area contributed by atoms with E-state index in [1.165, 1.54) is 24.4 Å². The third kappa shape index (κ3) is 5.43. The lowest BCUT2D eigenvalue weighted by Crippen LogP contribution is -2.38. The second-order valence-corrected chi connectivity index (χ2v) is 12.4. The van der Waals surface area contributed by atoms with Crippen LogP contribution in [0.4, 0.5) is 27.8 Å². The molecule has 0 radical (unpaired) electrons. The van der Waals surface area contributed by atoms with E-state index >= 15 is 4.39 Å². The van der Waals surface area contributed by atoms with Crippen molar-refractivity contribution in [2.75, 3.05) is 44.9 Å². The fourth-order valence-electron chi connectivity index (χ4n) is 7.49. The number of aromatic nitrogens is 3. The van der Waals surface area contributed by atoms with Gasteiger partial charge in [0.25, 0.3) is 6.08 Å². The van der Waals surface area contributed by atoms with Crippen LogP contribution in [0.5, 0.6) is 5.75 Å². The van der Waals surface area contributed by atoms with Gasteiger partial charge in [0.15, 0.2) is 23.2 Å². The van der Waals surface area contributed by atoms with Gasteiger partial charge < -0.3 is 29.7 Å². The fourth-order valence-corrected chi connectivity index (χ4v) is 7.49. The van der Waals surface area contributed by atoms with Gasteiger partial charge in [-0.05, 0) is 37.3 Å². The number of pyridine rings is 1. The molecule has 48 heavy (non-hydrogen) atoms. The number of anilines is 1. The molecule has 3 unspecified atom stereocenters. The first-order valence-corrected chi connectivity index (χ1v) is 15.5. The minimum Gasteiger partial charge on any atom is -0.409 e. The Morgan fingerprint density at radius 1 is 1.10 bits per heavy atom. The summed E-state index contributed by atoms with van der Waals surface area (Å²) in [7, 11) is 1.00. The quantitative estimate of drug-likeness (QED) is 0.202. The second kappa shape index (κ2) is 12.1. The van der Waals surface area contributed by atoms with Crippen LogP contribution in [0.1, 0.15) is 31.5 Å². The molecule has 1 aliphatic carbocycles. The summed E-state index contributed by atoms with van der Waals surface area (Å²) in [6.07, 6.45) is -2.40. The molecule has 5 heterocycles. The Morgan fingerprint density at radius 2 is 1.92 bits per heavy atom. The molecular formula is C33H32F5N5O5. The molecular weight excluding hydrogens is 641 g/mol. The van der Waals surface area contributed by atoms with Crippen LogP contribution in [0.15, 0.2) is 48.2 Å². The predicted octanol–water partition coefficient (Wildman–Crippen LogP) is 4.75. The van der Waals surface area contributed by atoms with E-state index in [1.54, 1.807) is 6.07 Å². The van der Waals surface area contributed by atoms with Crippen LogP contribution in [0.2, 0.25) is 0 Å². The first-order valence-electron chi connectivity index (χ1n) is 15.5. The second-order valence-electron chi connectivity index (χ2n) is 12.4. The van der Waals surface area contributed by atoms with Crippen LogP contribution >= 0.6 is 0 Å². The zero-order valence-electron chi connectivity index (χ0n) is 25.8. The minimum atomic E-state index is -4.22. The highest BCUT2D eigenvalue weighted by Gasteiger charge is 2.52. The van der Waals surface area contributed by atoms with Gasteiger partial charge >= 0.3 is 6.23 Å². The first kappa shape index (κ1) is 32.5. The molecule has 2 aromatic carbocycles. The van der Waals surface area contributed by atoms with E-state index in [-0.39, 0.29) is 63.9 Å². The maximum Gasteiger partial charge on any atom is 0.492 e. The average Bonchev–Trinajstić information content (AvgIpc) is 3.61. The Kier molecular flexibility index (Phi) is 8.23. The molecule has 3 aliphatic heterocycles. The van der Waals surface area contributed by atoms with Crippen LogP contribution in [-0.2, 0) is 10.3 Å². The van der Waals surface area contributed by atoms with E-state index in [2.05, 4.69) is 14.6 Å². The Labute approximate surface area is 271 Å². The molecule has 0 bridgehead atoms. The lowest BCUT2D eigenvalue weighted by molar-refractivity contribution is -0.375. The first-order chi connectivity index (χ1) is 23.0. The number of fused-ring (bicyclic) bond motifs is 4. The number of halogens is 5. The summed E-state index contributed by atoms with van der Waals surface area (Å²) < 4.78 is 83.8. The smallest absolute Gasteiger partial charge is 0.409 e. The molecule has 4 fully saturated rings. The van der Waals surface area contributed by atoms with Crippen LogP contribution < -0.4 is 9.64 Å². The number of rotatable bonds is 5. The van der Waals surface area contributed by atoms with Crippen LogP contribution in [0, 0.1) is 17.6 Å². The molecule has 2 aromatic heterocycles. The summed E-state index contributed by atoms with van der Waals surface area (Å²) >= 11 is 0. The van der Waals surface area contributed by atoms with Gasteiger partial charge in [0.1, 0.15) is 17.0 Å². The van der Waals surface area contributed by atoms with Crippen molar-refractivity contribution in [3.63, 3.8) is 0 Å². The highest BCUT2D eigenvalue weighted by Crippen LogP contribution is 2.50. The number of alkyl halides is 1. The van der Waals surface area contributed by atoms with Crippen molar-refractivity contribution in [1.29, 1.82) is 0 Å². The topological polar surface area (TPSA) is 124 Å². The van der Waals surface area contributed by atoms with Crippen molar-refractivity contribution in [2.24, 2.45) is 5.92 Å². The van der Waals surface area contributed by atoms with E-state index < -0.39 is 35.2 Å². The number of ether oxygens (including phenoxy) is 2. The van der Waals surface area contributed by atoms with Crippen LogP contribution in [0.25, 0.3) is 32.9 Å². The molecule has 0 spiro atoms. The number of benzene rings is 2. The normalized spacial score (nSPS) is 23.9. The molecule has 8 rings (SSSR count). The van der Waals surface area contributed by atoms with Gasteiger partial charge in [0, 0.05) is 61.3 Å². The molecule has 3 atom stereocenters. The maximum absolute atomic E-state index is 17.0. The van der Waals surface area contributed by atoms with Crippen LogP contribution in [0.3, 0.4) is 0 Å². The van der Waals surface area contributed by atoms with E-state index in [0.717, 1.165) is 26.0 Å².